The van der Waals surface area contributed by atoms with Crippen molar-refractivity contribution in [2.45, 2.75) is 63.6 Å². The van der Waals surface area contributed by atoms with Crippen LogP contribution < -0.4 is 30.3 Å². The van der Waals surface area contributed by atoms with Crippen molar-refractivity contribution < 1.29 is 51.7 Å². The molecule has 3 fully saturated rings. The number of nitrogens with one attached hydrogen (secondary N) is 3. The fraction of sp³-hybridized carbons (Fsp3) is 0.345. The Morgan fingerprint density at radius 2 is 1.71 bits per heavy atom. The Morgan fingerprint density at radius 3 is 2.46 bits per heavy atom. The average molecular weight is 1060 g/mol. The standard InChI is InChI=1S/C55H52F3N9O8S/c1-65-48-36(46(64-65)37-14-17-44(68)62-51(37)71)12-15-41(49(48)74-2)59-45(69)28-66-22-19-54(20-23-66)25-30(26-54)29-75-32-10-11-33(39(24-32)55(56,57)58)34-13-16-43(61-47(34)52(72)73)67-21-18-31-6-5-7-35(38(31)27-67)50(70)63-53-60-40-8-3-4-9-42(40)76-53/h3-13,15-16,24,30,37H,14,17-23,25-29H2,1-2H3,(H,59,69)(H,72,73)(H,60,63,70)(H,62,68,71). The van der Waals surface area contributed by atoms with Crippen LogP contribution in [0.5, 0.6) is 11.5 Å². The van der Waals surface area contributed by atoms with Crippen LogP contribution in [0.2, 0.25) is 0 Å². The first kappa shape index (κ1) is 50.3. The molecule has 3 aliphatic heterocycles. The van der Waals surface area contributed by atoms with Crippen LogP contribution in [0.1, 0.15) is 87.7 Å². The smallest absolute Gasteiger partial charge is 0.417 e. The molecule has 1 saturated carbocycles. The number of hydrogen-bond donors (Lipinski definition) is 4. The molecule has 76 heavy (non-hydrogen) atoms. The van der Waals surface area contributed by atoms with Crippen LogP contribution in [-0.4, -0.2) is 99.2 Å². The summed E-state index contributed by atoms with van der Waals surface area (Å²) in [6.07, 6.45) is -0.394. The van der Waals surface area contributed by atoms with Crippen molar-refractivity contribution >= 4 is 78.7 Å². The number of ether oxygens (including phenoxy) is 2. The molecule has 0 radical (unpaired) electrons. The Morgan fingerprint density at radius 1 is 0.921 bits per heavy atom. The zero-order valence-corrected chi connectivity index (χ0v) is 42.3. The predicted molar refractivity (Wildman–Crippen MR) is 278 cm³/mol. The maximum absolute atomic E-state index is 14.8. The SMILES string of the molecule is COc1c(NC(=O)CN2CCC3(CC2)CC(COc2ccc(-c4ccc(N5CCc6cccc(C(=O)Nc7nc8ccccc8s7)c6C5)nc4C(=O)O)c(C(F)(F)F)c2)C3)ccc2c(C3CCC(=O)NC3=O)nn(C)c12. The van der Waals surface area contributed by atoms with E-state index < -0.39 is 35.2 Å². The quantitative estimate of drug-likeness (QED) is 0.0797. The number of carboxylic acid groups (broad SMARTS) is 1. The van der Waals surface area contributed by atoms with E-state index in [4.69, 9.17) is 9.47 Å². The van der Waals surface area contributed by atoms with Crippen LogP contribution in [0.15, 0.2) is 84.9 Å². The summed E-state index contributed by atoms with van der Waals surface area (Å²) in [7, 11) is 3.23. The number of carboxylic acids is 1. The average Bonchev–Trinajstić information content (AvgIpc) is 3.97. The van der Waals surface area contributed by atoms with Gasteiger partial charge in [-0.3, -0.25) is 39.4 Å². The molecular formula is C55H52F3N9O8S. The molecule has 6 heterocycles. The van der Waals surface area contributed by atoms with Gasteiger partial charge in [-0.2, -0.15) is 18.3 Å². The molecule has 392 valence electrons. The Hall–Kier alpha value is -7.91. The van der Waals surface area contributed by atoms with Crippen LogP contribution in [0, 0.1) is 11.3 Å². The highest BCUT2D eigenvalue weighted by Crippen LogP contribution is 2.53. The number of para-hydroxylation sites is 1. The molecule has 7 aromatic rings. The van der Waals surface area contributed by atoms with Gasteiger partial charge in [0, 0.05) is 43.1 Å². The highest BCUT2D eigenvalue weighted by atomic mass is 32.1. The number of nitrogens with zero attached hydrogens (tertiary/aromatic N) is 6. The third-order valence-corrected chi connectivity index (χ3v) is 16.2. The van der Waals surface area contributed by atoms with Gasteiger partial charge in [0.1, 0.15) is 17.1 Å². The number of methoxy groups -OCH3 is 1. The van der Waals surface area contributed by atoms with Crippen molar-refractivity contribution in [3.63, 3.8) is 0 Å². The fourth-order valence-electron chi connectivity index (χ4n) is 11.5. The molecule has 3 aromatic heterocycles. The molecule has 2 saturated heterocycles. The van der Waals surface area contributed by atoms with E-state index in [0.29, 0.717) is 71.2 Å². The third kappa shape index (κ3) is 9.79. The van der Waals surface area contributed by atoms with Crippen LogP contribution >= 0.6 is 11.3 Å². The minimum Gasteiger partial charge on any atom is -0.493 e. The number of rotatable bonds is 13. The van der Waals surface area contributed by atoms with E-state index in [1.165, 1.54) is 42.7 Å². The fourth-order valence-corrected chi connectivity index (χ4v) is 12.4. The predicted octanol–water partition coefficient (Wildman–Crippen LogP) is 8.82. The maximum atomic E-state index is 14.8. The lowest BCUT2D eigenvalue weighted by Gasteiger charge is -2.52. The largest absolute Gasteiger partial charge is 0.493 e. The number of likely N-dealkylation sites (tertiary alicyclic amines) is 1. The Labute approximate surface area is 437 Å². The number of benzene rings is 4. The molecule has 4 aromatic carbocycles. The minimum atomic E-state index is -4.85. The number of piperidine rings is 2. The van der Waals surface area contributed by atoms with E-state index in [-0.39, 0.29) is 77.9 Å². The highest BCUT2D eigenvalue weighted by molar-refractivity contribution is 7.22. The van der Waals surface area contributed by atoms with Gasteiger partial charge in [0.2, 0.25) is 17.7 Å². The monoisotopic (exact) mass is 1060 g/mol. The van der Waals surface area contributed by atoms with Crippen molar-refractivity contribution in [2.24, 2.45) is 18.4 Å². The second-order valence-corrected chi connectivity index (χ2v) is 21.1. The number of anilines is 3. The van der Waals surface area contributed by atoms with E-state index >= 15 is 0 Å². The van der Waals surface area contributed by atoms with Crippen LogP contribution in [0.3, 0.4) is 0 Å². The molecule has 4 N–H and O–H groups in total. The van der Waals surface area contributed by atoms with Gasteiger partial charge in [0.05, 0.1) is 53.3 Å². The third-order valence-electron chi connectivity index (χ3n) is 15.3. The summed E-state index contributed by atoms with van der Waals surface area (Å²) in [6.45, 7) is 2.40. The van der Waals surface area contributed by atoms with Crippen LogP contribution in [0.25, 0.3) is 32.2 Å². The van der Waals surface area contributed by atoms with Gasteiger partial charge >= 0.3 is 12.1 Å². The molecule has 4 aliphatic rings. The molecule has 17 nitrogen and oxygen atoms in total. The number of hydrogen-bond acceptors (Lipinski definition) is 13. The van der Waals surface area contributed by atoms with Gasteiger partial charge in [-0.1, -0.05) is 41.7 Å². The summed E-state index contributed by atoms with van der Waals surface area (Å²) in [6, 6.07) is 23.0. The lowest BCUT2D eigenvalue weighted by Crippen LogP contribution is -2.49. The van der Waals surface area contributed by atoms with E-state index in [1.54, 1.807) is 29.9 Å². The first-order valence-corrected chi connectivity index (χ1v) is 25.9. The van der Waals surface area contributed by atoms with E-state index in [9.17, 15) is 42.3 Å². The van der Waals surface area contributed by atoms with Gasteiger partial charge in [0.25, 0.3) is 5.91 Å². The van der Waals surface area contributed by atoms with Gasteiger partial charge in [-0.15, -0.1) is 0 Å². The summed E-state index contributed by atoms with van der Waals surface area (Å²) in [4.78, 5) is 77.0. The molecule has 11 rings (SSSR count). The Balaban J connectivity index is 0.699. The van der Waals surface area contributed by atoms with Crippen molar-refractivity contribution in [1.82, 2.24) is 30.0 Å². The molecule has 1 unspecified atom stereocenters. The maximum Gasteiger partial charge on any atom is 0.417 e. The first-order valence-electron chi connectivity index (χ1n) is 25.0. The number of carbonyl (C=O) groups excluding carboxylic acids is 4. The summed E-state index contributed by atoms with van der Waals surface area (Å²) in [5.41, 5.74) is 2.41. The number of carbonyl (C=O) groups is 5. The number of thiazole rings is 1. The molecule has 1 spiro atoms. The lowest BCUT2D eigenvalue weighted by molar-refractivity contribution is -0.137. The molecular weight excluding hydrogens is 1000 g/mol. The van der Waals surface area contributed by atoms with E-state index in [0.717, 1.165) is 53.1 Å². The second-order valence-electron chi connectivity index (χ2n) is 20.1. The molecule has 1 aliphatic carbocycles. The van der Waals surface area contributed by atoms with E-state index in [1.807, 2.05) is 41.3 Å². The number of aryl methyl sites for hydroxylation is 1. The number of aromatic nitrogens is 4. The number of aromatic carboxylic acids is 1. The van der Waals surface area contributed by atoms with E-state index in [2.05, 4.69) is 35.9 Å². The van der Waals surface area contributed by atoms with Gasteiger partial charge < -0.3 is 24.8 Å². The first-order chi connectivity index (χ1) is 36.5. The number of halogens is 3. The number of imide groups is 1. The summed E-state index contributed by atoms with van der Waals surface area (Å²) < 4.78 is 58.8. The number of amides is 4. The van der Waals surface area contributed by atoms with Gasteiger partial charge in [0.15, 0.2) is 16.6 Å². The molecule has 1 atom stereocenters. The van der Waals surface area contributed by atoms with Crippen LogP contribution in [0.4, 0.5) is 29.8 Å². The van der Waals surface area contributed by atoms with Crippen molar-refractivity contribution in [1.29, 1.82) is 0 Å². The van der Waals surface area contributed by atoms with Crippen molar-refractivity contribution in [2.75, 3.05) is 55.4 Å². The molecule has 21 heteroatoms. The number of fused-ring (bicyclic) bond motifs is 3. The lowest BCUT2D eigenvalue weighted by atomic mass is 9.58. The summed E-state index contributed by atoms with van der Waals surface area (Å²) in [5.74, 6) is -2.56. The van der Waals surface area contributed by atoms with Crippen molar-refractivity contribution in [3.8, 4) is 22.6 Å². The van der Waals surface area contributed by atoms with Crippen molar-refractivity contribution in [3.05, 3.63) is 119 Å². The number of pyridine rings is 1. The zero-order valence-electron chi connectivity index (χ0n) is 41.5. The van der Waals surface area contributed by atoms with Crippen LogP contribution in [-0.2, 0) is 40.6 Å². The molecule has 0 bridgehead atoms. The minimum absolute atomic E-state index is 0.0168. The topological polar surface area (TPSA) is 210 Å². The normalized spacial score (nSPS) is 17.8. The second kappa shape index (κ2) is 20.0. The summed E-state index contributed by atoms with van der Waals surface area (Å²) in [5, 5.41) is 24.4. The molecule has 4 amide bonds. The van der Waals surface area contributed by atoms with Gasteiger partial charge in [-0.25, -0.2) is 14.8 Å². The number of alkyl halides is 3. The highest BCUT2D eigenvalue weighted by Gasteiger charge is 2.46. The Kier molecular flexibility index (Phi) is 13.2. The summed E-state index contributed by atoms with van der Waals surface area (Å²) >= 11 is 1.36. The van der Waals surface area contributed by atoms with Gasteiger partial charge in [-0.05, 0) is 134 Å². The zero-order chi connectivity index (χ0) is 53.0. The Bertz CT molecular complexity index is 3460.